The van der Waals surface area contributed by atoms with Crippen LogP contribution in [-0.2, 0) is 0 Å². The van der Waals surface area contributed by atoms with Crippen molar-refractivity contribution in [3.8, 4) is 11.3 Å². The number of nitrogens with one attached hydrogen (secondary N) is 2. The van der Waals surface area contributed by atoms with Crippen LogP contribution >= 0.6 is 0 Å². The Labute approximate surface area is 137 Å². The van der Waals surface area contributed by atoms with Gasteiger partial charge in [0.25, 0.3) is 5.91 Å². The van der Waals surface area contributed by atoms with E-state index < -0.39 is 0 Å². The Morgan fingerprint density at radius 1 is 1.39 bits per heavy atom. The van der Waals surface area contributed by atoms with E-state index in [9.17, 15) is 4.79 Å². The summed E-state index contributed by atoms with van der Waals surface area (Å²) in [6, 6.07) is 5.80. The predicted octanol–water partition coefficient (Wildman–Crippen LogP) is 2.47. The summed E-state index contributed by atoms with van der Waals surface area (Å²) in [7, 11) is 2.12. The molecule has 0 spiro atoms. The smallest absolute Gasteiger partial charge is 0.251 e. The van der Waals surface area contributed by atoms with Gasteiger partial charge in [-0.3, -0.25) is 4.79 Å². The number of rotatable bonds is 4. The minimum Gasteiger partial charge on any atom is -0.352 e. The van der Waals surface area contributed by atoms with Gasteiger partial charge in [-0.25, -0.2) is 4.98 Å². The maximum absolute atomic E-state index is 12.1. The summed E-state index contributed by atoms with van der Waals surface area (Å²) < 4.78 is 0. The number of hydrogen-bond acceptors (Lipinski definition) is 3. The first-order chi connectivity index (χ1) is 11.0. The van der Waals surface area contributed by atoms with Gasteiger partial charge >= 0.3 is 0 Å². The maximum atomic E-state index is 12.1. The molecule has 3 rings (SSSR count). The lowest BCUT2D eigenvalue weighted by Gasteiger charge is -2.34. The molecule has 23 heavy (non-hydrogen) atoms. The number of imidazole rings is 1. The van der Waals surface area contributed by atoms with E-state index in [1.165, 1.54) is 0 Å². The van der Waals surface area contributed by atoms with Crippen LogP contribution in [0, 0.1) is 13.8 Å². The number of likely N-dealkylation sites (tertiary alicyclic amines) is 1. The van der Waals surface area contributed by atoms with E-state index >= 15 is 0 Å². The standard InChI is InChI=1S/C18H24N4O/c1-5-19-18(23)13-7-6-11(2)15(8-13)16-12(3)20-17(21-16)14-9-22(4)10-14/h6-8,14H,5,9-10H2,1-4H3,(H,19,23)(H,20,21). The molecule has 1 amide bonds. The van der Waals surface area contributed by atoms with E-state index in [-0.39, 0.29) is 5.91 Å². The topological polar surface area (TPSA) is 61.0 Å². The van der Waals surface area contributed by atoms with E-state index in [0.717, 1.165) is 41.4 Å². The highest BCUT2D eigenvalue weighted by molar-refractivity contribution is 5.95. The second-order valence-electron chi connectivity index (χ2n) is 6.40. The molecular formula is C18H24N4O. The summed E-state index contributed by atoms with van der Waals surface area (Å²) in [6.07, 6.45) is 0. The molecule has 1 aliphatic heterocycles. The lowest BCUT2D eigenvalue weighted by Crippen LogP contribution is -2.42. The molecule has 0 aliphatic carbocycles. The van der Waals surface area contributed by atoms with Crippen LogP contribution in [0.2, 0.25) is 0 Å². The van der Waals surface area contributed by atoms with Gasteiger partial charge in [0.05, 0.1) is 5.69 Å². The van der Waals surface area contributed by atoms with Gasteiger partial charge in [-0.05, 0) is 45.5 Å². The second-order valence-corrected chi connectivity index (χ2v) is 6.40. The summed E-state index contributed by atoms with van der Waals surface area (Å²) in [6.45, 7) is 8.75. The lowest BCUT2D eigenvalue weighted by molar-refractivity contribution is 0.0956. The highest BCUT2D eigenvalue weighted by Gasteiger charge is 2.28. The van der Waals surface area contributed by atoms with E-state index in [0.29, 0.717) is 18.0 Å². The second kappa shape index (κ2) is 6.16. The molecule has 2 N–H and O–H groups in total. The van der Waals surface area contributed by atoms with Crippen molar-refractivity contribution in [2.75, 3.05) is 26.7 Å². The van der Waals surface area contributed by atoms with Crippen LogP contribution in [-0.4, -0.2) is 47.5 Å². The van der Waals surface area contributed by atoms with Crippen LogP contribution in [0.5, 0.6) is 0 Å². The van der Waals surface area contributed by atoms with Crippen molar-refractivity contribution in [2.45, 2.75) is 26.7 Å². The number of benzene rings is 1. The molecule has 0 radical (unpaired) electrons. The highest BCUT2D eigenvalue weighted by Crippen LogP contribution is 2.30. The fourth-order valence-electron chi connectivity index (χ4n) is 3.09. The zero-order chi connectivity index (χ0) is 16.6. The quantitative estimate of drug-likeness (QED) is 0.912. The van der Waals surface area contributed by atoms with Crippen molar-refractivity contribution in [3.05, 3.63) is 40.8 Å². The number of carbonyl (C=O) groups excluding carboxylic acids is 1. The molecule has 1 fully saturated rings. The van der Waals surface area contributed by atoms with Crippen molar-refractivity contribution >= 4 is 5.91 Å². The Morgan fingerprint density at radius 3 is 2.78 bits per heavy atom. The number of amides is 1. The van der Waals surface area contributed by atoms with E-state index in [1.54, 1.807) is 0 Å². The normalized spacial score (nSPS) is 15.5. The van der Waals surface area contributed by atoms with Crippen molar-refractivity contribution in [1.29, 1.82) is 0 Å². The number of carbonyl (C=O) groups is 1. The summed E-state index contributed by atoms with van der Waals surface area (Å²) >= 11 is 0. The zero-order valence-electron chi connectivity index (χ0n) is 14.2. The van der Waals surface area contributed by atoms with E-state index in [4.69, 9.17) is 4.98 Å². The van der Waals surface area contributed by atoms with Crippen LogP contribution in [0.3, 0.4) is 0 Å². The van der Waals surface area contributed by atoms with Gasteiger partial charge in [0.1, 0.15) is 5.82 Å². The Kier molecular flexibility index (Phi) is 4.22. The van der Waals surface area contributed by atoms with Gasteiger partial charge in [0, 0.05) is 42.4 Å². The fourth-order valence-corrected chi connectivity index (χ4v) is 3.09. The average molecular weight is 312 g/mol. The Morgan fingerprint density at radius 2 is 2.13 bits per heavy atom. The van der Waals surface area contributed by atoms with Crippen LogP contribution < -0.4 is 5.32 Å². The van der Waals surface area contributed by atoms with Crippen LogP contribution in [0.4, 0.5) is 0 Å². The van der Waals surface area contributed by atoms with Crippen molar-refractivity contribution in [2.24, 2.45) is 0 Å². The minimum atomic E-state index is -0.0391. The van der Waals surface area contributed by atoms with Gasteiger partial charge in [0.2, 0.25) is 0 Å². The van der Waals surface area contributed by atoms with Crippen molar-refractivity contribution in [1.82, 2.24) is 20.2 Å². The molecule has 1 aromatic carbocycles. The first kappa shape index (κ1) is 15.7. The third-order valence-corrected chi connectivity index (χ3v) is 4.45. The molecule has 5 heteroatoms. The molecule has 1 aliphatic rings. The van der Waals surface area contributed by atoms with Gasteiger partial charge in [-0.2, -0.15) is 0 Å². The molecule has 122 valence electrons. The lowest BCUT2D eigenvalue weighted by atomic mass is 10.00. The van der Waals surface area contributed by atoms with Gasteiger partial charge < -0.3 is 15.2 Å². The Bertz CT molecular complexity index is 729. The Balaban J connectivity index is 1.94. The van der Waals surface area contributed by atoms with E-state index in [2.05, 4.69) is 29.2 Å². The average Bonchev–Trinajstić information content (AvgIpc) is 2.86. The number of hydrogen-bond donors (Lipinski definition) is 2. The van der Waals surface area contributed by atoms with Crippen LogP contribution in [0.15, 0.2) is 18.2 Å². The third-order valence-electron chi connectivity index (χ3n) is 4.45. The molecule has 2 heterocycles. The number of H-pyrrole nitrogens is 1. The zero-order valence-corrected chi connectivity index (χ0v) is 14.2. The van der Waals surface area contributed by atoms with Crippen molar-refractivity contribution < 1.29 is 4.79 Å². The monoisotopic (exact) mass is 312 g/mol. The Hall–Kier alpha value is -2.14. The SMILES string of the molecule is CCNC(=O)c1ccc(C)c(-c2nc(C3CN(C)C3)[nH]c2C)c1. The summed E-state index contributed by atoms with van der Waals surface area (Å²) in [5.41, 5.74) is 4.86. The van der Waals surface area contributed by atoms with Crippen LogP contribution in [0.1, 0.15) is 40.3 Å². The molecule has 1 saturated heterocycles. The van der Waals surface area contributed by atoms with E-state index in [1.807, 2.05) is 32.0 Å². The fraction of sp³-hybridized carbons (Fsp3) is 0.444. The molecule has 0 saturated carbocycles. The molecule has 5 nitrogen and oxygen atoms in total. The van der Waals surface area contributed by atoms with Crippen LogP contribution in [0.25, 0.3) is 11.3 Å². The number of nitrogens with zero attached hydrogens (tertiary/aromatic N) is 2. The first-order valence-electron chi connectivity index (χ1n) is 8.13. The van der Waals surface area contributed by atoms with Gasteiger partial charge in [0.15, 0.2) is 0 Å². The summed E-state index contributed by atoms with van der Waals surface area (Å²) in [4.78, 5) is 22.6. The number of aromatic amines is 1. The predicted molar refractivity (Wildman–Crippen MR) is 91.7 cm³/mol. The molecular weight excluding hydrogens is 288 g/mol. The summed E-state index contributed by atoms with van der Waals surface area (Å²) in [5.74, 6) is 1.50. The molecule has 0 unspecified atom stereocenters. The molecule has 1 aromatic heterocycles. The largest absolute Gasteiger partial charge is 0.352 e. The number of likely N-dealkylation sites (N-methyl/N-ethyl adjacent to an activating group) is 1. The maximum Gasteiger partial charge on any atom is 0.251 e. The van der Waals surface area contributed by atoms with Gasteiger partial charge in [-0.1, -0.05) is 6.07 Å². The van der Waals surface area contributed by atoms with Gasteiger partial charge in [-0.15, -0.1) is 0 Å². The third kappa shape index (κ3) is 3.01. The molecule has 2 aromatic rings. The molecule has 0 atom stereocenters. The highest BCUT2D eigenvalue weighted by atomic mass is 16.1. The summed E-state index contributed by atoms with van der Waals surface area (Å²) in [5, 5.41) is 2.85. The number of aryl methyl sites for hydroxylation is 2. The first-order valence-corrected chi connectivity index (χ1v) is 8.13. The molecule has 0 bridgehead atoms. The van der Waals surface area contributed by atoms with Crippen molar-refractivity contribution in [3.63, 3.8) is 0 Å². The minimum absolute atomic E-state index is 0.0391. The number of aromatic nitrogens is 2.